The number of anilines is 1. The normalized spacial score (nSPS) is 23.7. The minimum absolute atomic E-state index is 0.0390. The minimum atomic E-state index is -0.914. The van der Waals surface area contributed by atoms with E-state index >= 15 is 0 Å². The maximum atomic E-state index is 11.4. The van der Waals surface area contributed by atoms with Gasteiger partial charge in [-0.2, -0.15) is 0 Å². The predicted molar refractivity (Wildman–Crippen MR) is 84.9 cm³/mol. The molecule has 0 unspecified atom stereocenters. The maximum absolute atomic E-state index is 11.4. The molecule has 1 aliphatic rings. The highest BCUT2D eigenvalue weighted by Crippen LogP contribution is 2.42. The highest BCUT2D eigenvalue weighted by Gasteiger charge is 2.43. The molecule has 3 rings (SSSR count). The molecule has 23 heavy (non-hydrogen) atoms. The number of aldehydes is 1. The summed E-state index contributed by atoms with van der Waals surface area (Å²) in [6.07, 6.45) is 1.28. The molecule has 0 aliphatic carbocycles. The summed E-state index contributed by atoms with van der Waals surface area (Å²) in [5, 5.41) is 12.5. The van der Waals surface area contributed by atoms with Gasteiger partial charge in [-0.3, -0.25) is 15.0 Å². The van der Waals surface area contributed by atoms with Crippen LogP contribution in [-0.2, 0) is 9.63 Å². The first-order chi connectivity index (χ1) is 11.0. The van der Waals surface area contributed by atoms with Crippen LogP contribution in [0.5, 0.6) is 0 Å². The Morgan fingerprint density at radius 2 is 1.87 bits per heavy atom. The molecule has 0 saturated carbocycles. The molecule has 1 heterocycles. The second kappa shape index (κ2) is 5.81. The van der Waals surface area contributed by atoms with Crippen molar-refractivity contribution in [1.82, 2.24) is 0 Å². The molecule has 1 fully saturated rings. The zero-order valence-electron chi connectivity index (χ0n) is 12.6. The highest BCUT2D eigenvalue weighted by atomic mass is 16.7. The third-order valence-electron chi connectivity index (χ3n) is 3.94. The molecule has 118 valence electrons. The first kappa shape index (κ1) is 15.2. The van der Waals surface area contributed by atoms with Crippen LogP contribution in [0.2, 0.25) is 0 Å². The summed E-state index contributed by atoms with van der Waals surface area (Å²) in [7, 11) is 0. The van der Waals surface area contributed by atoms with Gasteiger partial charge < -0.3 is 4.79 Å². The monoisotopic (exact) mass is 312 g/mol. The van der Waals surface area contributed by atoms with Crippen molar-refractivity contribution in [2.24, 2.45) is 0 Å². The summed E-state index contributed by atoms with van der Waals surface area (Å²) >= 11 is 0. The van der Waals surface area contributed by atoms with Gasteiger partial charge in [0, 0.05) is 18.6 Å². The number of carbonyl (C=O) groups is 1. The fourth-order valence-electron chi connectivity index (χ4n) is 2.74. The molecule has 0 amide bonds. The molecule has 6 heteroatoms. The summed E-state index contributed by atoms with van der Waals surface area (Å²) in [6.45, 7) is 1.74. The zero-order valence-corrected chi connectivity index (χ0v) is 12.6. The Labute approximate surface area is 133 Å². The Hall–Kier alpha value is -2.73. The fraction of sp³-hybridized carbons (Fsp3) is 0.235. The molecule has 1 aliphatic heterocycles. The first-order valence-electron chi connectivity index (χ1n) is 7.26. The summed E-state index contributed by atoms with van der Waals surface area (Å²) in [4.78, 5) is 27.6. The van der Waals surface area contributed by atoms with Crippen LogP contribution >= 0.6 is 0 Å². The van der Waals surface area contributed by atoms with Crippen LogP contribution in [0.25, 0.3) is 0 Å². The van der Waals surface area contributed by atoms with Gasteiger partial charge >= 0.3 is 0 Å². The summed E-state index contributed by atoms with van der Waals surface area (Å²) in [6, 6.07) is 15.6. The van der Waals surface area contributed by atoms with Crippen LogP contribution in [0.4, 0.5) is 11.4 Å². The smallest absolute Gasteiger partial charge is 0.269 e. The number of hydrogen-bond acceptors (Lipinski definition) is 5. The lowest BCUT2D eigenvalue weighted by Crippen LogP contribution is -2.28. The molecule has 2 aromatic rings. The number of para-hydroxylation sites is 1. The Morgan fingerprint density at radius 1 is 1.22 bits per heavy atom. The number of hydrogen-bond donors (Lipinski definition) is 0. The molecule has 0 aromatic heterocycles. The maximum Gasteiger partial charge on any atom is 0.269 e. The van der Waals surface area contributed by atoms with Crippen molar-refractivity contribution in [3.8, 4) is 0 Å². The van der Waals surface area contributed by atoms with Gasteiger partial charge in [0.1, 0.15) is 0 Å². The van der Waals surface area contributed by atoms with E-state index in [1.165, 1.54) is 12.1 Å². The number of nitro groups is 1. The number of nitro benzene ring substituents is 1. The Morgan fingerprint density at radius 3 is 2.43 bits per heavy atom. The van der Waals surface area contributed by atoms with E-state index in [1.807, 2.05) is 30.3 Å². The number of benzene rings is 2. The molecule has 6 nitrogen and oxygen atoms in total. The summed E-state index contributed by atoms with van der Waals surface area (Å²) in [5.74, 6) is 0. The van der Waals surface area contributed by atoms with E-state index in [9.17, 15) is 14.9 Å². The van der Waals surface area contributed by atoms with E-state index in [-0.39, 0.29) is 11.7 Å². The fourth-order valence-corrected chi connectivity index (χ4v) is 2.74. The third-order valence-corrected chi connectivity index (χ3v) is 3.94. The zero-order chi connectivity index (χ0) is 16.4. The van der Waals surface area contributed by atoms with Crippen molar-refractivity contribution >= 4 is 17.7 Å². The van der Waals surface area contributed by atoms with E-state index < -0.39 is 10.5 Å². The molecular formula is C17H16N2O4. The van der Waals surface area contributed by atoms with Gasteiger partial charge in [0.15, 0.2) is 11.9 Å². The van der Waals surface area contributed by atoms with E-state index in [1.54, 1.807) is 24.1 Å². The van der Waals surface area contributed by atoms with Crippen molar-refractivity contribution in [1.29, 1.82) is 0 Å². The van der Waals surface area contributed by atoms with Gasteiger partial charge in [0.05, 0.1) is 16.7 Å². The van der Waals surface area contributed by atoms with Gasteiger partial charge in [-0.25, -0.2) is 5.06 Å². The van der Waals surface area contributed by atoms with Crippen molar-refractivity contribution in [3.63, 3.8) is 0 Å². The molecule has 2 aromatic carbocycles. The lowest BCUT2D eigenvalue weighted by atomic mass is 9.94. The van der Waals surface area contributed by atoms with Crippen molar-refractivity contribution in [3.05, 3.63) is 70.3 Å². The highest BCUT2D eigenvalue weighted by molar-refractivity contribution is 5.64. The molecule has 0 bridgehead atoms. The van der Waals surface area contributed by atoms with Gasteiger partial charge in [-0.1, -0.05) is 30.3 Å². The quantitative estimate of drug-likeness (QED) is 0.491. The number of hydroxylamine groups is 1. The largest absolute Gasteiger partial charge is 0.300 e. The van der Waals surface area contributed by atoms with Crippen LogP contribution in [-0.4, -0.2) is 16.8 Å². The molecule has 1 saturated heterocycles. The topological polar surface area (TPSA) is 72.7 Å². The van der Waals surface area contributed by atoms with Crippen molar-refractivity contribution < 1.29 is 14.6 Å². The van der Waals surface area contributed by atoms with Crippen LogP contribution in [0, 0.1) is 10.1 Å². The number of nitrogens with zero attached hydrogens (tertiary/aromatic N) is 2. The third kappa shape index (κ3) is 2.93. The second-order valence-corrected chi connectivity index (χ2v) is 5.75. The summed E-state index contributed by atoms with van der Waals surface area (Å²) in [5.41, 5.74) is 0.825. The van der Waals surface area contributed by atoms with E-state index in [0.29, 0.717) is 6.42 Å². The van der Waals surface area contributed by atoms with Crippen LogP contribution < -0.4 is 5.06 Å². The minimum Gasteiger partial charge on any atom is -0.300 e. The molecule has 0 spiro atoms. The molecule has 0 N–H and O–H groups in total. The second-order valence-electron chi connectivity index (χ2n) is 5.75. The predicted octanol–water partition coefficient (Wildman–Crippen LogP) is 3.44. The van der Waals surface area contributed by atoms with Crippen LogP contribution in [0.15, 0.2) is 54.6 Å². The lowest BCUT2D eigenvalue weighted by Gasteiger charge is -2.25. The van der Waals surface area contributed by atoms with Crippen LogP contribution in [0.3, 0.4) is 0 Å². The Kier molecular flexibility index (Phi) is 3.83. The average Bonchev–Trinajstić information content (AvgIpc) is 2.94. The van der Waals surface area contributed by atoms with Gasteiger partial charge in [-0.15, -0.1) is 0 Å². The van der Waals surface area contributed by atoms with Crippen molar-refractivity contribution in [2.45, 2.75) is 25.0 Å². The van der Waals surface area contributed by atoms with E-state index in [0.717, 1.165) is 17.5 Å². The van der Waals surface area contributed by atoms with Gasteiger partial charge in [0.25, 0.3) is 5.69 Å². The molecular weight excluding hydrogens is 296 g/mol. The number of rotatable bonds is 4. The average molecular weight is 312 g/mol. The molecule has 0 radical (unpaired) electrons. The van der Waals surface area contributed by atoms with Crippen LogP contribution in [0.1, 0.15) is 24.9 Å². The SMILES string of the molecule is C[C@@]1(C=O)C[C@@H](c2ccc([N+](=O)[O-])cc2)N(c2ccccc2)O1. The van der Waals surface area contributed by atoms with Crippen molar-refractivity contribution in [2.75, 3.05) is 5.06 Å². The lowest BCUT2D eigenvalue weighted by molar-refractivity contribution is -0.384. The molecule has 2 atom stereocenters. The van der Waals surface area contributed by atoms with Gasteiger partial charge in [-0.05, 0) is 24.6 Å². The Bertz CT molecular complexity index is 717. The van der Waals surface area contributed by atoms with E-state index in [4.69, 9.17) is 4.84 Å². The Balaban J connectivity index is 1.97. The van der Waals surface area contributed by atoms with E-state index in [2.05, 4.69) is 0 Å². The number of non-ortho nitro benzene ring substituents is 1. The standard InChI is InChI=1S/C17H16N2O4/c1-17(12-20)11-16(13-7-9-15(10-8-13)19(21)22)18(23-17)14-5-3-2-4-6-14/h2-10,12,16H,11H2,1H3/t16-,17-/m0/s1. The van der Waals surface area contributed by atoms with Gasteiger partial charge in [0.2, 0.25) is 0 Å². The number of carbonyl (C=O) groups excluding carboxylic acids is 1. The summed E-state index contributed by atoms with van der Waals surface area (Å²) < 4.78 is 0. The first-order valence-corrected chi connectivity index (χ1v) is 7.26.